The Morgan fingerprint density at radius 3 is 2.10 bits per heavy atom. The van der Waals surface area contributed by atoms with E-state index < -0.39 is 5.91 Å². The van der Waals surface area contributed by atoms with E-state index >= 15 is 0 Å². The molecule has 0 spiro atoms. The van der Waals surface area contributed by atoms with E-state index in [2.05, 4.69) is 0 Å². The number of hydrogen-bond acceptors (Lipinski definition) is 2. The molecule has 0 aliphatic heterocycles. The molecule has 0 unspecified atom stereocenters. The molecule has 0 aliphatic carbocycles. The summed E-state index contributed by atoms with van der Waals surface area (Å²) in [6, 6.07) is 17.1. The van der Waals surface area contributed by atoms with Crippen molar-refractivity contribution in [3.8, 4) is 0 Å². The second-order valence-electron chi connectivity index (χ2n) is 4.90. The number of nitrogens with zero attached hydrogens (tertiary/aromatic N) is 2. The lowest BCUT2D eigenvalue weighted by molar-refractivity contribution is -0.118. The van der Waals surface area contributed by atoms with Gasteiger partial charge >= 0.3 is 5.69 Å². The van der Waals surface area contributed by atoms with Crippen LogP contribution in [-0.4, -0.2) is 15.0 Å². The van der Waals surface area contributed by atoms with Gasteiger partial charge < -0.3 is 5.73 Å². The van der Waals surface area contributed by atoms with Crippen LogP contribution in [0.5, 0.6) is 0 Å². The number of carbonyl (C=O) groups excluding carboxylic acids is 1. The fourth-order valence-electron chi connectivity index (χ4n) is 2.50. The molecular formula is C16H15N3O2. The van der Waals surface area contributed by atoms with Gasteiger partial charge in [-0.2, -0.15) is 0 Å². The Bertz CT molecular complexity index is 847. The van der Waals surface area contributed by atoms with Gasteiger partial charge in [0.25, 0.3) is 0 Å². The minimum atomic E-state index is -0.528. The monoisotopic (exact) mass is 281 g/mol. The van der Waals surface area contributed by atoms with Gasteiger partial charge in [0, 0.05) is 0 Å². The number of nitrogens with two attached hydrogens (primary N) is 1. The Balaban J connectivity index is 2.16. The lowest BCUT2D eigenvalue weighted by Gasteiger charge is -2.03. The van der Waals surface area contributed by atoms with Crippen LogP contribution in [0.1, 0.15) is 5.56 Å². The molecular weight excluding hydrogens is 266 g/mol. The summed E-state index contributed by atoms with van der Waals surface area (Å²) < 4.78 is 3.08. The summed E-state index contributed by atoms with van der Waals surface area (Å²) in [7, 11) is 0. The van der Waals surface area contributed by atoms with Crippen molar-refractivity contribution in [3.05, 3.63) is 70.6 Å². The molecule has 2 aromatic carbocycles. The van der Waals surface area contributed by atoms with Crippen LogP contribution in [0.4, 0.5) is 0 Å². The number of amides is 1. The van der Waals surface area contributed by atoms with Gasteiger partial charge in [0.1, 0.15) is 6.54 Å². The summed E-state index contributed by atoms with van der Waals surface area (Å²) in [6.07, 6.45) is 0. The minimum absolute atomic E-state index is 0.110. The molecule has 3 rings (SSSR count). The van der Waals surface area contributed by atoms with Crippen LogP contribution in [0.2, 0.25) is 0 Å². The predicted molar refractivity (Wildman–Crippen MR) is 80.9 cm³/mol. The Hall–Kier alpha value is -2.82. The molecule has 0 radical (unpaired) electrons. The first-order chi connectivity index (χ1) is 10.2. The summed E-state index contributed by atoms with van der Waals surface area (Å²) >= 11 is 0. The smallest absolute Gasteiger partial charge is 0.329 e. The fourth-order valence-corrected chi connectivity index (χ4v) is 2.50. The zero-order valence-electron chi connectivity index (χ0n) is 11.4. The normalized spacial score (nSPS) is 10.9. The number of fused-ring (bicyclic) bond motifs is 1. The third kappa shape index (κ3) is 2.45. The lowest BCUT2D eigenvalue weighted by Crippen LogP contribution is -2.29. The third-order valence-corrected chi connectivity index (χ3v) is 3.42. The number of aromatic nitrogens is 2. The van der Waals surface area contributed by atoms with E-state index in [1.165, 1.54) is 4.57 Å². The number of carbonyl (C=O) groups is 1. The second-order valence-corrected chi connectivity index (χ2v) is 4.90. The predicted octanol–water partition coefficient (Wildman–Crippen LogP) is 1.34. The maximum atomic E-state index is 12.5. The summed E-state index contributed by atoms with van der Waals surface area (Å²) in [5.74, 6) is -0.528. The van der Waals surface area contributed by atoms with Gasteiger partial charge in [-0.05, 0) is 17.7 Å². The van der Waals surface area contributed by atoms with Crippen LogP contribution in [0.15, 0.2) is 59.4 Å². The fraction of sp³-hybridized carbons (Fsp3) is 0.125. The van der Waals surface area contributed by atoms with Crippen molar-refractivity contribution in [1.82, 2.24) is 9.13 Å². The van der Waals surface area contributed by atoms with Crippen molar-refractivity contribution in [1.29, 1.82) is 0 Å². The van der Waals surface area contributed by atoms with Gasteiger partial charge in [-0.15, -0.1) is 0 Å². The van der Waals surface area contributed by atoms with Gasteiger partial charge in [-0.25, -0.2) is 4.79 Å². The topological polar surface area (TPSA) is 70.0 Å². The first-order valence-corrected chi connectivity index (χ1v) is 6.67. The number of hydrogen-bond donors (Lipinski definition) is 1. The Morgan fingerprint density at radius 1 is 0.905 bits per heavy atom. The largest absolute Gasteiger partial charge is 0.368 e. The highest BCUT2D eigenvalue weighted by Gasteiger charge is 2.14. The van der Waals surface area contributed by atoms with E-state index in [0.717, 1.165) is 16.6 Å². The van der Waals surface area contributed by atoms with Gasteiger partial charge in [0.05, 0.1) is 17.6 Å². The zero-order chi connectivity index (χ0) is 14.8. The van der Waals surface area contributed by atoms with Crippen LogP contribution in [-0.2, 0) is 17.9 Å². The third-order valence-electron chi connectivity index (χ3n) is 3.42. The molecule has 0 bridgehead atoms. The van der Waals surface area contributed by atoms with Crippen LogP contribution in [0.3, 0.4) is 0 Å². The average molecular weight is 281 g/mol. The van der Waals surface area contributed by atoms with Gasteiger partial charge in [0.2, 0.25) is 5.91 Å². The quantitative estimate of drug-likeness (QED) is 0.784. The molecule has 3 aromatic rings. The zero-order valence-corrected chi connectivity index (χ0v) is 11.4. The maximum absolute atomic E-state index is 12.5. The Kier molecular flexibility index (Phi) is 3.31. The summed E-state index contributed by atoms with van der Waals surface area (Å²) in [5.41, 5.74) is 7.56. The highest BCUT2D eigenvalue weighted by Crippen LogP contribution is 2.14. The van der Waals surface area contributed by atoms with E-state index in [0.29, 0.717) is 6.54 Å². The number of imidazole rings is 1. The molecule has 0 saturated carbocycles. The van der Waals surface area contributed by atoms with Crippen LogP contribution in [0.25, 0.3) is 11.0 Å². The van der Waals surface area contributed by atoms with Crippen LogP contribution in [0, 0.1) is 0 Å². The number of rotatable bonds is 4. The van der Waals surface area contributed by atoms with Crippen LogP contribution >= 0.6 is 0 Å². The van der Waals surface area contributed by atoms with E-state index in [4.69, 9.17) is 5.73 Å². The molecule has 2 N–H and O–H groups in total. The van der Waals surface area contributed by atoms with Gasteiger partial charge in [-0.1, -0.05) is 42.5 Å². The molecule has 0 fully saturated rings. The average Bonchev–Trinajstić information content (AvgIpc) is 2.74. The SMILES string of the molecule is NC(=O)Cn1c(=O)n(Cc2ccccc2)c2ccccc21. The van der Waals surface area contributed by atoms with Crippen molar-refractivity contribution in [3.63, 3.8) is 0 Å². The highest BCUT2D eigenvalue weighted by atomic mass is 16.2. The molecule has 1 aromatic heterocycles. The molecule has 0 saturated heterocycles. The molecule has 1 amide bonds. The number of primary amides is 1. The summed E-state index contributed by atoms with van der Waals surface area (Å²) in [4.78, 5) is 23.7. The maximum Gasteiger partial charge on any atom is 0.329 e. The first-order valence-electron chi connectivity index (χ1n) is 6.67. The van der Waals surface area contributed by atoms with Crippen LogP contribution < -0.4 is 11.4 Å². The molecule has 5 nitrogen and oxygen atoms in total. The van der Waals surface area contributed by atoms with E-state index in [9.17, 15) is 9.59 Å². The van der Waals surface area contributed by atoms with E-state index in [1.807, 2.05) is 54.6 Å². The van der Waals surface area contributed by atoms with Gasteiger partial charge in [-0.3, -0.25) is 13.9 Å². The molecule has 0 aliphatic rings. The van der Waals surface area contributed by atoms with E-state index in [-0.39, 0.29) is 12.2 Å². The Morgan fingerprint density at radius 2 is 1.48 bits per heavy atom. The van der Waals surface area contributed by atoms with Crippen molar-refractivity contribution in [2.24, 2.45) is 5.73 Å². The molecule has 21 heavy (non-hydrogen) atoms. The number of para-hydroxylation sites is 2. The van der Waals surface area contributed by atoms with Crippen molar-refractivity contribution in [2.75, 3.05) is 0 Å². The molecule has 1 heterocycles. The summed E-state index contributed by atoms with van der Waals surface area (Å²) in [5, 5.41) is 0. The second kappa shape index (κ2) is 5.28. The highest BCUT2D eigenvalue weighted by molar-refractivity contribution is 5.80. The lowest BCUT2D eigenvalue weighted by atomic mass is 10.2. The molecule has 5 heteroatoms. The number of benzene rings is 2. The summed E-state index contributed by atoms with van der Waals surface area (Å²) in [6.45, 7) is 0.354. The molecule has 106 valence electrons. The minimum Gasteiger partial charge on any atom is -0.368 e. The van der Waals surface area contributed by atoms with Gasteiger partial charge in [0.15, 0.2) is 0 Å². The van der Waals surface area contributed by atoms with Crippen molar-refractivity contribution in [2.45, 2.75) is 13.1 Å². The first kappa shape index (κ1) is 13.2. The van der Waals surface area contributed by atoms with Crippen molar-refractivity contribution < 1.29 is 4.79 Å². The Labute approximate surface area is 121 Å². The van der Waals surface area contributed by atoms with Crippen molar-refractivity contribution >= 4 is 16.9 Å². The standard InChI is InChI=1S/C16H15N3O2/c17-15(20)11-19-14-9-5-4-8-13(14)18(16(19)21)10-12-6-2-1-3-7-12/h1-9H,10-11H2,(H2,17,20). The van der Waals surface area contributed by atoms with E-state index in [1.54, 1.807) is 4.57 Å². The molecule has 0 atom stereocenters.